The number of halogens is 1. The van der Waals surface area contributed by atoms with E-state index in [0.29, 0.717) is 17.1 Å². The Hall–Kier alpha value is -1.19. The molecule has 88 valence electrons. The standard InChI is InChI=1S/C13H12ClNOS/c1-2-10-3-4-11(17-10)8-12(16)9-5-6-15-13(14)7-9/h3-7H,2,8H2,1H3. The summed E-state index contributed by atoms with van der Waals surface area (Å²) in [5.41, 5.74) is 0.622. The molecular weight excluding hydrogens is 254 g/mol. The van der Waals surface area contributed by atoms with Crippen LogP contribution in [-0.2, 0) is 12.8 Å². The summed E-state index contributed by atoms with van der Waals surface area (Å²) in [6.45, 7) is 2.11. The summed E-state index contributed by atoms with van der Waals surface area (Å²) >= 11 is 7.45. The van der Waals surface area contributed by atoms with E-state index >= 15 is 0 Å². The first-order valence-corrected chi connectivity index (χ1v) is 6.61. The molecule has 2 nitrogen and oxygen atoms in total. The fraction of sp³-hybridized carbons (Fsp3) is 0.231. The number of rotatable bonds is 4. The van der Waals surface area contributed by atoms with Crippen molar-refractivity contribution >= 4 is 28.7 Å². The van der Waals surface area contributed by atoms with Gasteiger partial charge in [-0.2, -0.15) is 0 Å². The molecule has 17 heavy (non-hydrogen) atoms. The second-order valence-corrected chi connectivity index (χ2v) is 5.33. The molecule has 0 amide bonds. The molecule has 0 aromatic carbocycles. The van der Waals surface area contributed by atoms with Gasteiger partial charge in [0.2, 0.25) is 0 Å². The van der Waals surface area contributed by atoms with Crippen molar-refractivity contribution in [3.8, 4) is 0 Å². The summed E-state index contributed by atoms with van der Waals surface area (Å²) in [7, 11) is 0. The molecule has 0 aliphatic rings. The van der Waals surface area contributed by atoms with Crippen LogP contribution in [-0.4, -0.2) is 10.8 Å². The Balaban J connectivity index is 2.11. The van der Waals surface area contributed by atoms with Crippen LogP contribution in [0.3, 0.4) is 0 Å². The highest BCUT2D eigenvalue weighted by Crippen LogP contribution is 2.19. The van der Waals surface area contributed by atoms with Crippen LogP contribution >= 0.6 is 22.9 Å². The Morgan fingerprint density at radius 1 is 1.35 bits per heavy atom. The van der Waals surface area contributed by atoms with Crippen LogP contribution in [0.4, 0.5) is 0 Å². The molecule has 0 saturated heterocycles. The average molecular weight is 266 g/mol. The van der Waals surface area contributed by atoms with E-state index in [1.54, 1.807) is 29.7 Å². The minimum Gasteiger partial charge on any atom is -0.294 e. The Kier molecular flexibility index (Phi) is 3.92. The summed E-state index contributed by atoms with van der Waals surface area (Å²) in [5.74, 6) is 0.0822. The van der Waals surface area contributed by atoms with Gasteiger partial charge in [0.25, 0.3) is 0 Å². The molecule has 0 bridgehead atoms. The van der Waals surface area contributed by atoms with E-state index < -0.39 is 0 Å². The van der Waals surface area contributed by atoms with Crippen molar-refractivity contribution in [3.63, 3.8) is 0 Å². The van der Waals surface area contributed by atoms with Crippen LogP contribution < -0.4 is 0 Å². The zero-order valence-electron chi connectivity index (χ0n) is 9.44. The van der Waals surface area contributed by atoms with Gasteiger partial charge in [-0.15, -0.1) is 11.3 Å². The van der Waals surface area contributed by atoms with Crippen molar-refractivity contribution in [1.82, 2.24) is 4.98 Å². The van der Waals surface area contributed by atoms with Crippen molar-refractivity contribution in [3.05, 3.63) is 50.9 Å². The minimum atomic E-state index is 0.0822. The fourth-order valence-electron chi connectivity index (χ4n) is 1.54. The van der Waals surface area contributed by atoms with Gasteiger partial charge in [0, 0.05) is 27.9 Å². The third-order valence-electron chi connectivity index (χ3n) is 2.45. The van der Waals surface area contributed by atoms with E-state index in [1.165, 1.54) is 4.88 Å². The highest BCUT2D eigenvalue weighted by atomic mass is 35.5. The van der Waals surface area contributed by atoms with Crippen molar-refractivity contribution < 1.29 is 4.79 Å². The minimum absolute atomic E-state index is 0.0822. The number of aromatic nitrogens is 1. The monoisotopic (exact) mass is 265 g/mol. The predicted molar refractivity (Wildman–Crippen MR) is 71.0 cm³/mol. The SMILES string of the molecule is CCc1ccc(CC(=O)c2ccnc(Cl)c2)s1. The van der Waals surface area contributed by atoms with E-state index in [0.717, 1.165) is 11.3 Å². The number of hydrogen-bond donors (Lipinski definition) is 0. The Morgan fingerprint density at radius 2 is 2.12 bits per heavy atom. The largest absolute Gasteiger partial charge is 0.294 e. The van der Waals surface area contributed by atoms with Gasteiger partial charge in [-0.1, -0.05) is 18.5 Å². The lowest BCUT2D eigenvalue weighted by molar-refractivity contribution is 0.0993. The van der Waals surface area contributed by atoms with Gasteiger partial charge in [0.1, 0.15) is 5.15 Å². The maximum absolute atomic E-state index is 12.0. The number of carbonyl (C=O) groups excluding carboxylic acids is 1. The molecule has 0 saturated carbocycles. The first-order chi connectivity index (χ1) is 8.19. The lowest BCUT2D eigenvalue weighted by atomic mass is 10.1. The number of pyridine rings is 1. The molecule has 4 heteroatoms. The third kappa shape index (κ3) is 3.14. The quantitative estimate of drug-likeness (QED) is 0.622. The normalized spacial score (nSPS) is 10.5. The van der Waals surface area contributed by atoms with Gasteiger partial charge in [-0.05, 0) is 30.7 Å². The van der Waals surface area contributed by atoms with E-state index in [2.05, 4.69) is 18.0 Å². The molecule has 0 spiro atoms. The number of hydrogen-bond acceptors (Lipinski definition) is 3. The number of ketones is 1. The predicted octanol–water partition coefficient (Wildman–Crippen LogP) is 3.78. The molecule has 2 aromatic rings. The fourth-order valence-corrected chi connectivity index (χ4v) is 2.67. The lowest BCUT2D eigenvalue weighted by Gasteiger charge is -1.99. The summed E-state index contributed by atoms with van der Waals surface area (Å²) < 4.78 is 0. The average Bonchev–Trinajstić information content (AvgIpc) is 2.77. The van der Waals surface area contributed by atoms with E-state index in [-0.39, 0.29) is 5.78 Å². The van der Waals surface area contributed by atoms with Crippen molar-refractivity contribution in [2.75, 3.05) is 0 Å². The van der Waals surface area contributed by atoms with Crippen LogP contribution in [0.1, 0.15) is 27.0 Å². The van der Waals surface area contributed by atoms with E-state index in [9.17, 15) is 4.79 Å². The van der Waals surface area contributed by atoms with Gasteiger partial charge in [-0.25, -0.2) is 4.98 Å². The third-order valence-corrected chi connectivity index (χ3v) is 3.89. The van der Waals surface area contributed by atoms with Gasteiger partial charge in [0.05, 0.1) is 0 Å². The number of aryl methyl sites for hydroxylation is 1. The molecule has 0 aliphatic heterocycles. The van der Waals surface area contributed by atoms with Gasteiger partial charge >= 0.3 is 0 Å². The zero-order chi connectivity index (χ0) is 12.3. The van der Waals surface area contributed by atoms with Gasteiger partial charge < -0.3 is 0 Å². The molecular formula is C13H12ClNOS. The molecule has 0 aliphatic carbocycles. The van der Waals surface area contributed by atoms with Gasteiger partial charge in [0.15, 0.2) is 5.78 Å². The second-order valence-electron chi connectivity index (χ2n) is 3.69. The van der Waals surface area contributed by atoms with Gasteiger partial charge in [-0.3, -0.25) is 4.79 Å². The maximum Gasteiger partial charge on any atom is 0.168 e. The first-order valence-electron chi connectivity index (χ1n) is 5.41. The van der Waals surface area contributed by atoms with Crippen LogP contribution in [0.5, 0.6) is 0 Å². The van der Waals surface area contributed by atoms with E-state index in [1.807, 2.05) is 6.07 Å². The molecule has 2 rings (SSSR count). The molecule has 0 atom stereocenters. The van der Waals surface area contributed by atoms with Crippen LogP contribution in [0.25, 0.3) is 0 Å². The molecule has 0 N–H and O–H groups in total. The molecule has 0 fully saturated rings. The number of carbonyl (C=O) groups is 1. The van der Waals surface area contributed by atoms with Crippen molar-refractivity contribution in [2.24, 2.45) is 0 Å². The van der Waals surface area contributed by atoms with Crippen molar-refractivity contribution in [1.29, 1.82) is 0 Å². The van der Waals surface area contributed by atoms with E-state index in [4.69, 9.17) is 11.6 Å². The highest BCUT2D eigenvalue weighted by Gasteiger charge is 2.09. The maximum atomic E-state index is 12.0. The zero-order valence-corrected chi connectivity index (χ0v) is 11.0. The summed E-state index contributed by atoms with van der Waals surface area (Å²) in [6, 6.07) is 7.40. The summed E-state index contributed by atoms with van der Waals surface area (Å²) in [4.78, 5) is 18.2. The Morgan fingerprint density at radius 3 is 2.76 bits per heavy atom. The number of Topliss-reactive ketones (excluding diaryl/α,β-unsaturated/α-hetero) is 1. The second kappa shape index (κ2) is 5.43. The summed E-state index contributed by atoms with van der Waals surface area (Å²) in [5, 5.41) is 0.358. The summed E-state index contributed by atoms with van der Waals surface area (Å²) in [6.07, 6.45) is 3.01. The lowest BCUT2D eigenvalue weighted by Crippen LogP contribution is -2.02. The highest BCUT2D eigenvalue weighted by molar-refractivity contribution is 7.12. The Bertz CT molecular complexity index is 536. The van der Waals surface area contributed by atoms with Crippen LogP contribution in [0.15, 0.2) is 30.5 Å². The molecule has 2 heterocycles. The van der Waals surface area contributed by atoms with Crippen LogP contribution in [0, 0.1) is 0 Å². The van der Waals surface area contributed by atoms with Crippen molar-refractivity contribution in [2.45, 2.75) is 19.8 Å². The molecule has 2 aromatic heterocycles. The number of thiophene rings is 1. The smallest absolute Gasteiger partial charge is 0.168 e. The molecule has 0 radical (unpaired) electrons. The first kappa shape index (κ1) is 12.3. The topological polar surface area (TPSA) is 30.0 Å². The van der Waals surface area contributed by atoms with Crippen LogP contribution in [0.2, 0.25) is 5.15 Å². The molecule has 0 unspecified atom stereocenters. The number of nitrogens with zero attached hydrogens (tertiary/aromatic N) is 1. The Labute approximate surface area is 109 Å².